The molecule has 6 heteroatoms. The molecule has 3 rings (SSSR count). The van der Waals surface area contributed by atoms with Crippen molar-refractivity contribution >= 4 is 34.2 Å². The van der Waals surface area contributed by atoms with Crippen molar-refractivity contribution in [3.63, 3.8) is 0 Å². The summed E-state index contributed by atoms with van der Waals surface area (Å²) in [4.78, 5) is 28.0. The molecule has 1 aromatic heterocycles. The highest BCUT2D eigenvalue weighted by Crippen LogP contribution is 2.21. The van der Waals surface area contributed by atoms with Crippen LogP contribution in [0.2, 0.25) is 0 Å². The van der Waals surface area contributed by atoms with Gasteiger partial charge in [0.1, 0.15) is 0 Å². The zero-order valence-electron chi connectivity index (χ0n) is 13.0. The zero-order valence-corrected chi connectivity index (χ0v) is 13.0. The van der Waals surface area contributed by atoms with Crippen molar-refractivity contribution in [3.05, 3.63) is 65.9 Å². The first-order chi connectivity index (χ1) is 11.5. The fourth-order valence-electron chi connectivity index (χ4n) is 2.51. The van der Waals surface area contributed by atoms with E-state index in [-0.39, 0.29) is 5.91 Å². The van der Waals surface area contributed by atoms with Crippen LogP contribution in [0, 0.1) is 6.92 Å². The highest BCUT2D eigenvalue weighted by Gasteiger charge is 2.12. The minimum atomic E-state index is -0.658. The molecule has 4 N–H and O–H groups in total. The molecule has 0 atom stereocenters. The van der Waals surface area contributed by atoms with Gasteiger partial charge in [-0.25, -0.2) is 4.79 Å². The van der Waals surface area contributed by atoms with Gasteiger partial charge in [0.25, 0.3) is 5.91 Å². The SMILES string of the molecule is Cc1cc(C(=O)Nc2cccc(NC(N)=O)c2)c2ccccc2n1. The van der Waals surface area contributed by atoms with Gasteiger partial charge >= 0.3 is 6.03 Å². The predicted molar refractivity (Wildman–Crippen MR) is 94.1 cm³/mol. The first-order valence-electron chi connectivity index (χ1n) is 7.37. The monoisotopic (exact) mass is 320 g/mol. The van der Waals surface area contributed by atoms with Crippen LogP contribution >= 0.6 is 0 Å². The van der Waals surface area contributed by atoms with E-state index in [9.17, 15) is 9.59 Å². The number of aromatic nitrogens is 1. The molecule has 24 heavy (non-hydrogen) atoms. The lowest BCUT2D eigenvalue weighted by molar-refractivity contribution is 0.102. The lowest BCUT2D eigenvalue weighted by Crippen LogP contribution is -2.19. The fraction of sp³-hybridized carbons (Fsp3) is 0.0556. The van der Waals surface area contributed by atoms with Crippen molar-refractivity contribution in [1.82, 2.24) is 4.98 Å². The Hall–Kier alpha value is -3.41. The maximum atomic E-state index is 12.7. The Morgan fingerprint density at radius 3 is 2.42 bits per heavy atom. The van der Waals surface area contributed by atoms with Gasteiger partial charge in [0.05, 0.1) is 11.1 Å². The van der Waals surface area contributed by atoms with Crippen molar-refractivity contribution in [2.75, 3.05) is 10.6 Å². The third-order valence-corrected chi connectivity index (χ3v) is 3.48. The average Bonchev–Trinajstić information content (AvgIpc) is 2.53. The summed E-state index contributed by atoms with van der Waals surface area (Å²) in [5, 5.41) is 6.09. The minimum absolute atomic E-state index is 0.243. The van der Waals surface area contributed by atoms with Crippen molar-refractivity contribution in [2.24, 2.45) is 5.73 Å². The molecule has 0 spiro atoms. The molecular weight excluding hydrogens is 304 g/mol. The zero-order chi connectivity index (χ0) is 17.1. The van der Waals surface area contributed by atoms with Crippen LogP contribution in [0.25, 0.3) is 10.9 Å². The van der Waals surface area contributed by atoms with Gasteiger partial charge in [-0.15, -0.1) is 0 Å². The van der Waals surface area contributed by atoms with Gasteiger partial charge in [0.2, 0.25) is 0 Å². The smallest absolute Gasteiger partial charge is 0.316 e. The Morgan fingerprint density at radius 1 is 0.958 bits per heavy atom. The number of carbonyl (C=O) groups is 2. The Balaban J connectivity index is 1.92. The third-order valence-electron chi connectivity index (χ3n) is 3.48. The van der Waals surface area contributed by atoms with Crippen LogP contribution in [0.1, 0.15) is 16.1 Å². The molecule has 0 saturated heterocycles. The lowest BCUT2D eigenvalue weighted by atomic mass is 10.1. The number of carbonyl (C=O) groups excluding carboxylic acids is 2. The summed E-state index contributed by atoms with van der Waals surface area (Å²) < 4.78 is 0. The van der Waals surface area contributed by atoms with Gasteiger partial charge in [-0.2, -0.15) is 0 Å². The molecule has 0 fully saturated rings. The average molecular weight is 320 g/mol. The number of hydrogen-bond donors (Lipinski definition) is 3. The van der Waals surface area contributed by atoms with Gasteiger partial charge in [-0.05, 0) is 37.3 Å². The number of pyridine rings is 1. The van der Waals surface area contributed by atoms with E-state index >= 15 is 0 Å². The number of para-hydroxylation sites is 1. The van der Waals surface area contributed by atoms with E-state index in [1.54, 1.807) is 30.3 Å². The number of nitrogens with zero attached hydrogens (tertiary/aromatic N) is 1. The molecule has 0 radical (unpaired) electrons. The maximum Gasteiger partial charge on any atom is 0.316 e. The summed E-state index contributed by atoms with van der Waals surface area (Å²) in [6.45, 7) is 1.85. The van der Waals surface area contributed by atoms with E-state index in [4.69, 9.17) is 5.73 Å². The van der Waals surface area contributed by atoms with E-state index in [1.807, 2.05) is 31.2 Å². The summed E-state index contributed by atoms with van der Waals surface area (Å²) >= 11 is 0. The number of aryl methyl sites for hydroxylation is 1. The van der Waals surface area contributed by atoms with Crippen LogP contribution in [0.3, 0.4) is 0 Å². The molecule has 0 unspecified atom stereocenters. The summed E-state index contributed by atoms with van der Waals surface area (Å²) in [6, 6.07) is 15.4. The lowest BCUT2D eigenvalue weighted by Gasteiger charge is -2.10. The van der Waals surface area contributed by atoms with Crippen LogP contribution in [0.15, 0.2) is 54.6 Å². The Bertz CT molecular complexity index is 937. The van der Waals surface area contributed by atoms with Crippen LogP contribution < -0.4 is 16.4 Å². The summed E-state index contributed by atoms with van der Waals surface area (Å²) in [5.74, 6) is -0.243. The van der Waals surface area contributed by atoms with Gasteiger partial charge < -0.3 is 16.4 Å². The molecule has 1 heterocycles. The van der Waals surface area contributed by atoms with E-state index in [0.29, 0.717) is 16.9 Å². The molecule has 0 aliphatic carbocycles. The van der Waals surface area contributed by atoms with E-state index in [1.165, 1.54) is 0 Å². The Kier molecular flexibility index (Phi) is 4.11. The van der Waals surface area contributed by atoms with E-state index < -0.39 is 6.03 Å². The third kappa shape index (κ3) is 3.33. The number of nitrogens with two attached hydrogens (primary N) is 1. The molecule has 0 aliphatic heterocycles. The van der Waals surface area contributed by atoms with Crippen molar-refractivity contribution in [1.29, 1.82) is 0 Å². The van der Waals surface area contributed by atoms with Crippen LogP contribution in [0.4, 0.5) is 16.2 Å². The Morgan fingerprint density at radius 2 is 1.67 bits per heavy atom. The second kappa shape index (κ2) is 6.37. The first kappa shape index (κ1) is 15.5. The first-order valence-corrected chi connectivity index (χ1v) is 7.37. The molecule has 3 amide bonds. The maximum absolute atomic E-state index is 12.7. The molecule has 2 aromatic carbocycles. The molecule has 120 valence electrons. The van der Waals surface area contributed by atoms with Crippen LogP contribution in [-0.2, 0) is 0 Å². The molecular formula is C18H16N4O2. The normalized spacial score (nSPS) is 10.4. The van der Waals surface area contributed by atoms with Crippen molar-refractivity contribution in [3.8, 4) is 0 Å². The molecule has 0 aliphatic rings. The van der Waals surface area contributed by atoms with Gasteiger partial charge in [0, 0.05) is 22.5 Å². The molecule has 3 aromatic rings. The molecule has 0 bridgehead atoms. The van der Waals surface area contributed by atoms with E-state index in [2.05, 4.69) is 15.6 Å². The van der Waals surface area contributed by atoms with Gasteiger partial charge in [-0.3, -0.25) is 9.78 Å². The topological polar surface area (TPSA) is 97.1 Å². The molecule has 6 nitrogen and oxygen atoms in total. The van der Waals surface area contributed by atoms with Crippen LogP contribution in [0.5, 0.6) is 0 Å². The van der Waals surface area contributed by atoms with Gasteiger partial charge in [-0.1, -0.05) is 24.3 Å². The van der Waals surface area contributed by atoms with Crippen LogP contribution in [-0.4, -0.2) is 16.9 Å². The van der Waals surface area contributed by atoms with Gasteiger partial charge in [0.15, 0.2) is 0 Å². The fourth-order valence-corrected chi connectivity index (χ4v) is 2.51. The number of hydrogen-bond acceptors (Lipinski definition) is 3. The quantitative estimate of drug-likeness (QED) is 0.690. The second-order valence-corrected chi connectivity index (χ2v) is 5.35. The minimum Gasteiger partial charge on any atom is -0.351 e. The second-order valence-electron chi connectivity index (χ2n) is 5.35. The number of primary amides is 1. The highest BCUT2D eigenvalue weighted by atomic mass is 16.2. The van der Waals surface area contributed by atoms with E-state index in [0.717, 1.165) is 16.6 Å². The van der Waals surface area contributed by atoms with Crippen molar-refractivity contribution < 1.29 is 9.59 Å². The number of rotatable bonds is 3. The predicted octanol–water partition coefficient (Wildman–Crippen LogP) is 3.29. The highest BCUT2D eigenvalue weighted by molar-refractivity contribution is 6.12. The number of urea groups is 1. The summed E-state index contributed by atoms with van der Waals surface area (Å²) in [7, 11) is 0. The van der Waals surface area contributed by atoms with Crippen molar-refractivity contribution in [2.45, 2.75) is 6.92 Å². The number of anilines is 2. The summed E-state index contributed by atoms with van der Waals surface area (Å²) in [5.41, 5.74) is 8.26. The largest absolute Gasteiger partial charge is 0.351 e. The Labute approximate surface area is 138 Å². The number of amides is 3. The number of benzene rings is 2. The summed E-state index contributed by atoms with van der Waals surface area (Å²) in [6.07, 6.45) is 0. The standard InChI is InChI=1S/C18H16N4O2/c1-11-9-15(14-7-2-3-8-16(14)20-11)17(23)21-12-5-4-6-13(10-12)22-18(19)24/h2-10H,1H3,(H,21,23)(H3,19,22,24). The number of nitrogens with one attached hydrogen (secondary N) is 2. The molecule has 0 saturated carbocycles. The number of fused-ring (bicyclic) bond motifs is 1.